The van der Waals surface area contributed by atoms with Crippen LogP contribution < -0.4 is 4.72 Å². The molecule has 0 unspecified atom stereocenters. The summed E-state index contributed by atoms with van der Waals surface area (Å²) < 4.78 is 47.8. The zero-order chi connectivity index (χ0) is 14.7. The lowest BCUT2D eigenvalue weighted by molar-refractivity contribution is 0.595. The predicted molar refractivity (Wildman–Crippen MR) is 77.9 cm³/mol. The molecule has 0 saturated heterocycles. The first-order valence-corrected chi connectivity index (χ1v) is 9.62. The quantitative estimate of drug-likeness (QED) is 0.865. The number of aryl methyl sites for hydroxylation is 1. The molecule has 1 rings (SSSR count). The van der Waals surface area contributed by atoms with Gasteiger partial charge >= 0.3 is 0 Å². The molecule has 1 aromatic carbocycles. The Bertz CT molecular complexity index is 653. The Kier molecular flexibility index (Phi) is 5.23. The van der Waals surface area contributed by atoms with E-state index in [2.05, 4.69) is 4.72 Å². The van der Waals surface area contributed by atoms with Crippen molar-refractivity contribution < 1.29 is 16.8 Å². The second kappa shape index (κ2) is 6.11. The number of anilines is 1. The predicted octanol–water partition coefficient (Wildman–Crippen LogP) is 1.82. The molecule has 108 valence electrons. The zero-order valence-electron chi connectivity index (χ0n) is 10.7. The van der Waals surface area contributed by atoms with Crippen LogP contribution in [0.25, 0.3) is 0 Å². The van der Waals surface area contributed by atoms with Gasteiger partial charge in [0.2, 0.25) is 10.0 Å². The molecule has 1 N–H and O–H groups in total. The fourth-order valence-electron chi connectivity index (χ4n) is 1.45. The largest absolute Gasteiger partial charge is 0.282 e. The summed E-state index contributed by atoms with van der Waals surface area (Å²) in [7, 11) is -6.75. The van der Waals surface area contributed by atoms with Crippen molar-refractivity contribution in [3.8, 4) is 0 Å². The summed E-state index contributed by atoms with van der Waals surface area (Å²) >= 11 is 5.89. The fourth-order valence-corrected chi connectivity index (χ4v) is 3.65. The third-order valence-corrected chi connectivity index (χ3v) is 5.03. The van der Waals surface area contributed by atoms with Gasteiger partial charge in [0, 0.05) is 6.26 Å². The van der Waals surface area contributed by atoms with Gasteiger partial charge in [0.05, 0.1) is 22.2 Å². The molecule has 0 spiro atoms. The molecule has 0 bridgehead atoms. The number of sulfonamides is 1. The Hall–Kier alpha value is -0.790. The van der Waals surface area contributed by atoms with Gasteiger partial charge in [-0.25, -0.2) is 16.8 Å². The van der Waals surface area contributed by atoms with E-state index in [0.717, 1.165) is 11.8 Å². The van der Waals surface area contributed by atoms with E-state index in [9.17, 15) is 16.8 Å². The van der Waals surface area contributed by atoms with Crippen LogP contribution in [0.1, 0.15) is 12.0 Å². The lowest BCUT2D eigenvalue weighted by Gasteiger charge is -2.10. The Balaban J connectivity index is 2.72. The number of benzene rings is 1. The Morgan fingerprint density at radius 2 is 1.79 bits per heavy atom. The summed E-state index contributed by atoms with van der Waals surface area (Å²) in [6.45, 7) is 1.82. The highest BCUT2D eigenvalue weighted by molar-refractivity contribution is 7.93. The second-order valence-corrected chi connectivity index (χ2v) is 8.90. The van der Waals surface area contributed by atoms with Gasteiger partial charge < -0.3 is 0 Å². The topological polar surface area (TPSA) is 80.3 Å². The number of sulfone groups is 1. The van der Waals surface area contributed by atoms with E-state index in [4.69, 9.17) is 11.6 Å². The number of rotatable bonds is 6. The summed E-state index contributed by atoms with van der Waals surface area (Å²) in [5, 5.41) is 0.303. The molecule has 0 aliphatic carbocycles. The van der Waals surface area contributed by atoms with Gasteiger partial charge in [-0.05, 0) is 31.0 Å². The normalized spacial score (nSPS) is 12.4. The lowest BCUT2D eigenvalue weighted by Crippen LogP contribution is -2.19. The first-order valence-electron chi connectivity index (χ1n) is 5.53. The molecule has 0 aliphatic rings. The number of nitrogens with one attached hydrogen (secondary N) is 1. The summed E-state index contributed by atoms with van der Waals surface area (Å²) in [6, 6.07) is 4.99. The monoisotopic (exact) mass is 325 g/mol. The van der Waals surface area contributed by atoms with E-state index in [-0.39, 0.29) is 17.9 Å². The van der Waals surface area contributed by atoms with Gasteiger partial charge in [-0.1, -0.05) is 17.7 Å². The number of halogens is 1. The van der Waals surface area contributed by atoms with Gasteiger partial charge in [0.15, 0.2) is 0 Å². The van der Waals surface area contributed by atoms with Gasteiger partial charge in [-0.2, -0.15) is 0 Å². The van der Waals surface area contributed by atoms with E-state index in [1.807, 2.05) is 6.92 Å². The van der Waals surface area contributed by atoms with E-state index < -0.39 is 19.9 Å². The van der Waals surface area contributed by atoms with Crippen LogP contribution in [0.4, 0.5) is 5.69 Å². The van der Waals surface area contributed by atoms with E-state index >= 15 is 0 Å². The van der Waals surface area contributed by atoms with Crippen molar-refractivity contribution >= 4 is 37.1 Å². The van der Waals surface area contributed by atoms with E-state index in [1.54, 1.807) is 18.2 Å². The SMILES string of the molecule is Cc1ccc(Cl)c(NS(=O)(=O)CCCS(C)(=O)=O)c1. The third kappa shape index (κ3) is 6.26. The van der Waals surface area contributed by atoms with Crippen molar-refractivity contribution in [3.05, 3.63) is 28.8 Å². The van der Waals surface area contributed by atoms with E-state index in [1.165, 1.54) is 0 Å². The second-order valence-electron chi connectivity index (χ2n) is 4.39. The summed E-state index contributed by atoms with van der Waals surface area (Å²) in [4.78, 5) is 0. The minimum absolute atomic E-state index is 0.0532. The van der Waals surface area contributed by atoms with Crippen molar-refractivity contribution in [1.82, 2.24) is 0 Å². The van der Waals surface area contributed by atoms with Crippen LogP contribution >= 0.6 is 11.6 Å². The Labute approximate surface area is 118 Å². The minimum Gasteiger partial charge on any atom is -0.282 e. The van der Waals surface area contributed by atoms with Crippen LogP contribution in [0.2, 0.25) is 5.02 Å². The average molecular weight is 326 g/mol. The highest BCUT2D eigenvalue weighted by Crippen LogP contribution is 2.23. The first kappa shape index (κ1) is 16.3. The lowest BCUT2D eigenvalue weighted by atomic mass is 10.2. The summed E-state index contributed by atoms with van der Waals surface area (Å²) in [6.07, 6.45) is 1.13. The Morgan fingerprint density at radius 3 is 2.37 bits per heavy atom. The molecule has 0 fully saturated rings. The molecule has 0 aromatic heterocycles. The van der Waals surface area contributed by atoms with E-state index in [0.29, 0.717) is 10.7 Å². The molecule has 0 saturated carbocycles. The summed E-state index contributed by atoms with van der Waals surface area (Å²) in [5.41, 5.74) is 1.18. The highest BCUT2D eigenvalue weighted by Gasteiger charge is 2.14. The molecule has 8 heteroatoms. The smallest absolute Gasteiger partial charge is 0.232 e. The number of hydrogen-bond acceptors (Lipinski definition) is 4. The maximum atomic E-state index is 11.8. The van der Waals surface area contributed by atoms with Gasteiger partial charge in [-0.3, -0.25) is 4.72 Å². The standard InChI is InChI=1S/C11H16ClNO4S2/c1-9-4-5-10(12)11(8-9)13-19(16,17)7-3-6-18(2,14)15/h4-5,8,13H,3,6-7H2,1-2H3. The van der Waals surface area contributed by atoms with Crippen molar-refractivity contribution in [1.29, 1.82) is 0 Å². The molecule has 5 nitrogen and oxygen atoms in total. The number of hydrogen-bond donors (Lipinski definition) is 1. The first-order chi connectivity index (χ1) is 8.59. The zero-order valence-corrected chi connectivity index (χ0v) is 13.1. The van der Waals surface area contributed by atoms with Crippen LogP contribution in [0.15, 0.2) is 18.2 Å². The highest BCUT2D eigenvalue weighted by atomic mass is 35.5. The fraction of sp³-hybridized carbons (Fsp3) is 0.455. The van der Waals surface area contributed by atoms with Crippen LogP contribution in [0, 0.1) is 6.92 Å². The van der Waals surface area contributed by atoms with Crippen molar-refractivity contribution in [2.75, 3.05) is 22.5 Å². The van der Waals surface area contributed by atoms with Crippen LogP contribution in [0.5, 0.6) is 0 Å². The molecule has 0 radical (unpaired) electrons. The van der Waals surface area contributed by atoms with Crippen molar-refractivity contribution in [2.45, 2.75) is 13.3 Å². The molecular weight excluding hydrogens is 310 g/mol. The molecule has 0 aliphatic heterocycles. The third-order valence-electron chi connectivity index (χ3n) is 2.32. The maximum absolute atomic E-state index is 11.8. The van der Waals surface area contributed by atoms with Crippen molar-refractivity contribution in [3.63, 3.8) is 0 Å². The Morgan fingerprint density at radius 1 is 1.16 bits per heavy atom. The molecule has 0 atom stereocenters. The maximum Gasteiger partial charge on any atom is 0.232 e. The minimum atomic E-state index is -3.60. The van der Waals surface area contributed by atoms with Gasteiger partial charge in [0.25, 0.3) is 0 Å². The molecular formula is C11H16ClNO4S2. The van der Waals surface area contributed by atoms with Gasteiger partial charge in [0.1, 0.15) is 9.84 Å². The summed E-state index contributed by atoms with van der Waals surface area (Å²) in [5.74, 6) is -0.417. The molecule has 0 amide bonds. The van der Waals surface area contributed by atoms with Crippen LogP contribution in [-0.2, 0) is 19.9 Å². The van der Waals surface area contributed by atoms with Crippen LogP contribution in [-0.4, -0.2) is 34.6 Å². The van der Waals surface area contributed by atoms with Crippen molar-refractivity contribution in [2.24, 2.45) is 0 Å². The van der Waals surface area contributed by atoms with Gasteiger partial charge in [-0.15, -0.1) is 0 Å². The molecule has 19 heavy (non-hydrogen) atoms. The average Bonchev–Trinajstić information content (AvgIpc) is 2.20. The molecule has 0 heterocycles. The molecule has 1 aromatic rings. The van der Waals surface area contributed by atoms with Crippen LogP contribution in [0.3, 0.4) is 0 Å².